The summed E-state index contributed by atoms with van der Waals surface area (Å²) in [6, 6.07) is 2.08. The standard InChI is InChI=1S/C15H23NO2S/c1-15(2)9-13(5-7-18-15)10-16-14(17)4-3-12-6-8-19-11-12/h6,8,11,13H,3-5,7,9-10H2,1-2H3,(H,16,17)/t13-/m0/s1. The van der Waals surface area contributed by atoms with Crippen LogP contribution in [0.2, 0.25) is 0 Å². The predicted molar refractivity (Wildman–Crippen MR) is 78.4 cm³/mol. The molecule has 106 valence electrons. The molecule has 0 spiro atoms. The molecular formula is C15H23NO2S. The van der Waals surface area contributed by atoms with Crippen LogP contribution in [0.5, 0.6) is 0 Å². The van der Waals surface area contributed by atoms with Crippen molar-refractivity contribution in [2.75, 3.05) is 13.2 Å². The summed E-state index contributed by atoms with van der Waals surface area (Å²) < 4.78 is 5.69. The van der Waals surface area contributed by atoms with E-state index in [-0.39, 0.29) is 11.5 Å². The summed E-state index contributed by atoms with van der Waals surface area (Å²) in [6.07, 6.45) is 3.50. The van der Waals surface area contributed by atoms with Crippen LogP contribution in [0.1, 0.15) is 38.7 Å². The number of carbonyl (C=O) groups is 1. The van der Waals surface area contributed by atoms with Gasteiger partial charge in [0.05, 0.1) is 5.60 Å². The molecule has 0 bridgehead atoms. The van der Waals surface area contributed by atoms with Crippen LogP contribution in [0.3, 0.4) is 0 Å². The summed E-state index contributed by atoms with van der Waals surface area (Å²) in [5.74, 6) is 0.712. The molecule has 1 saturated heterocycles. The van der Waals surface area contributed by atoms with Gasteiger partial charge in [-0.3, -0.25) is 4.79 Å². The minimum absolute atomic E-state index is 0.0374. The molecule has 1 aliphatic rings. The van der Waals surface area contributed by atoms with Crippen molar-refractivity contribution in [3.63, 3.8) is 0 Å². The lowest BCUT2D eigenvalue weighted by atomic mass is 9.88. The average Bonchev–Trinajstić information content (AvgIpc) is 2.86. The lowest BCUT2D eigenvalue weighted by Gasteiger charge is -2.35. The third kappa shape index (κ3) is 4.96. The quantitative estimate of drug-likeness (QED) is 0.901. The van der Waals surface area contributed by atoms with E-state index in [0.29, 0.717) is 12.3 Å². The van der Waals surface area contributed by atoms with Gasteiger partial charge in [-0.25, -0.2) is 0 Å². The Morgan fingerprint density at radius 3 is 3.11 bits per heavy atom. The Kier molecular flexibility index (Phi) is 4.99. The first-order valence-electron chi connectivity index (χ1n) is 6.97. The van der Waals surface area contributed by atoms with E-state index in [1.165, 1.54) is 5.56 Å². The van der Waals surface area contributed by atoms with E-state index in [1.807, 2.05) is 0 Å². The maximum atomic E-state index is 11.8. The van der Waals surface area contributed by atoms with Crippen molar-refractivity contribution >= 4 is 17.2 Å². The largest absolute Gasteiger partial charge is 0.376 e. The average molecular weight is 281 g/mol. The van der Waals surface area contributed by atoms with E-state index in [1.54, 1.807) is 11.3 Å². The molecule has 3 nitrogen and oxygen atoms in total. The van der Waals surface area contributed by atoms with Crippen LogP contribution in [0.4, 0.5) is 0 Å². The zero-order valence-electron chi connectivity index (χ0n) is 11.8. The molecule has 1 aromatic heterocycles. The van der Waals surface area contributed by atoms with Crippen LogP contribution in [0, 0.1) is 5.92 Å². The van der Waals surface area contributed by atoms with Gasteiger partial charge in [0.25, 0.3) is 0 Å². The van der Waals surface area contributed by atoms with E-state index in [4.69, 9.17) is 4.74 Å². The molecule has 1 fully saturated rings. The Labute approximate surface area is 119 Å². The second-order valence-corrected chi connectivity index (χ2v) is 6.68. The van der Waals surface area contributed by atoms with Gasteiger partial charge in [-0.1, -0.05) is 0 Å². The number of rotatable bonds is 5. The lowest BCUT2D eigenvalue weighted by molar-refractivity contribution is -0.122. The van der Waals surface area contributed by atoms with Gasteiger partial charge in [0.15, 0.2) is 0 Å². The summed E-state index contributed by atoms with van der Waals surface area (Å²) >= 11 is 1.68. The fourth-order valence-corrected chi connectivity index (χ4v) is 3.27. The molecule has 0 unspecified atom stereocenters. The van der Waals surface area contributed by atoms with E-state index in [9.17, 15) is 4.79 Å². The number of aryl methyl sites for hydroxylation is 1. The van der Waals surface area contributed by atoms with E-state index >= 15 is 0 Å². The molecule has 1 aromatic rings. The third-order valence-corrected chi connectivity index (χ3v) is 4.34. The van der Waals surface area contributed by atoms with Crippen molar-refractivity contribution in [3.05, 3.63) is 22.4 Å². The van der Waals surface area contributed by atoms with Crippen molar-refractivity contribution < 1.29 is 9.53 Å². The highest BCUT2D eigenvalue weighted by molar-refractivity contribution is 7.07. The summed E-state index contributed by atoms with van der Waals surface area (Å²) in [6.45, 7) is 5.84. The van der Waals surface area contributed by atoms with Gasteiger partial charge in [-0.15, -0.1) is 0 Å². The second-order valence-electron chi connectivity index (χ2n) is 5.90. The molecule has 19 heavy (non-hydrogen) atoms. The number of thiophene rings is 1. The highest BCUT2D eigenvalue weighted by atomic mass is 32.1. The van der Waals surface area contributed by atoms with Gasteiger partial charge in [-0.05, 0) is 61.4 Å². The van der Waals surface area contributed by atoms with Gasteiger partial charge in [0.2, 0.25) is 5.91 Å². The van der Waals surface area contributed by atoms with Crippen LogP contribution < -0.4 is 5.32 Å². The van der Waals surface area contributed by atoms with Crippen LogP contribution in [-0.2, 0) is 16.0 Å². The Morgan fingerprint density at radius 2 is 2.42 bits per heavy atom. The Bertz CT molecular complexity index is 400. The van der Waals surface area contributed by atoms with Crippen molar-refractivity contribution in [2.45, 2.75) is 45.1 Å². The van der Waals surface area contributed by atoms with Gasteiger partial charge >= 0.3 is 0 Å². The van der Waals surface area contributed by atoms with Crippen LogP contribution in [-0.4, -0.2) is 24.7 Å². The molecule has 1 amide bonds. The summed E-state index contributed by atoms with van der Waals surface area (Å²) in [7, 11) is 0. The molecule has 0 aromatic carbocycles. The minimum atomic E-state index is -0.0374. The zero-order chi connectivity index (χ0) is 13.7. The van der Waals surface area contributed by atoms with Crippen molar-refractivity contribution in [1.82, 2.24) is 5.32 Å². The number of carbonyl (C=O) groups excluding carboxylic acids is 1. The molecular weight excluding hydrogens is 258 g/mol. The summed E-state index contributed by atoms with van der Waals surface area (Å²) in [5.41, 5.74) is 1.22. The van der Waals surface area contributed by atoms with E-state index in [2.05, 4.69) is 36.0 Å². The monoisotopic (exact) mass is 281 g/mol. The number of amides is 1. The molecule has 0 aliphatic carbocycles. The maximum absolute atomic E-state index is 11.8. The number of nitrogens with one attached hydrogen (secondary N) is 1. The summed E-state index contributed by atoms with van der Waals surface area (Å²) in [5, 5.41) is 7.22. The van der Waals surface area contributed by atoms with E-state index < -0.39 is 0 Å². The van der Waals surface area contributed by atoms with Crippen molar-refractivity contribution in [3.8, 4) is 0 Å². The molecule has 2 rings (SSSR count). The first-order valence-corrected chi connectivity index (χ1v) is 7.91. The SMILES string of the molecule is CC1(C)C[C@@H](CNC(=O)CCc2ccsc2)CCO1. The molecule has 1 aliphatic heterocycles. The fraction of sp³-hybridized carbons (Fsp3) is 0.667. The highest BCUT2D eigenvalue weighted by Gasteiger charge is 2.28. The zero-order valence-corrected chi connectivity index (χ0v) is 12.6. The Hall–Kier alpha value is -0.870. The van der Waals surface area contributed by atoms with Gasteiger partial charge < -0.3 is 10.1 Å². The molecule has 1 atom stereocenters. The number of hydrogen-bond donors (Lipinski definition) is 1. The summed E-state index contributed by atoms with van der Waals surface area (Å²) in [4.78, 5) is 11.8. The smallest absolute Gasteiger partial charge is 0.220 e. The van der Waals surface area contributed by atoms with Crippen LogP contribution in [0.25, 0.3) is 0 Å². The first kappa shape index (κ1) is 14.5. The van der Waals surface area contributed by atoms with Crippen molar-refractivity contribution in [2.24, 2.45) is 5.92 Å². The van der Waals surface area contributed by atoms with Crippen LogP contribution in [0.15, 0.2) is 16.8 Å². The molecule has 0 saturated carbocycles. The normalized spacial score (nSPS) is 22.1. The molecule has 0 radical (unpaired) electrons. The third-order valence-electron chi connectivity index (χ3n) is 3.61. The maximum Gasteiger partial charge on any atom is 0.220 e. The van der Waals surface area contributed by atoms with Gasteiger partial charge in [0, 0.05) is 19.6 Å². The minimum Gasteiger partial charge on any atom is -0.376 e. The number of ether oxygens (including phenoxy) is 1. The van der Waals surface area contributed by atoms with Gasteiger partial charge in [0.1, 0.15) is 0 Å². The number of hydrogen-bond acceptors (Lipinski definition) is 3. The van der Waals surface area contributed by atoms with E-state index in [0.717, 1.165) is 32.4 Å². The lowest BCUT2D eigenvalue weighted by Crippen LogP contribution is -2.39. The fourth-order valence-electron chi connectivity index (χ4n) is 2.57. The predicted octanol–water partition coefficient (Wildman–Crippen LogP) is 3.00. The molecule has 4 heteroatoms. The molecule has 2 heterocycles. The Balaban J connectivity index is 1.66. The van der Waals surface area contributed by atoms with Crippen LogP contribution >= 0.6 is 11.3 Å². The molecule has 1 N–H and O–H groups in total. The highest BCUT2D eigenvalue weighted by Crippen LogP contribution is 2.27. The van der Waals surface area contributed by atoms with Gasteiger partial charge in [-0.2, -0.15) is 11.3 Å². The van der Waals surface area contributed by atoms with Crippen molar-refractivity contribution in [1.29, 1.82) is 0 Å². The topological polar surface area (TPSA) is 38.3 Å². The Morgan fingerprint density at radius 1 is 1.58 bits per heavy atom. The second kappa shape index (κ2) is 6.53. The first-order chi connectivity index (χ1) is 9.05.